The molecule has 0 atom stereocenters. The molecule has 0 spiro atoms. The summed E-state index contributed by atoms with van der Waals surface area (Å²) in [6.07, 6.45) is 0. The van der Waals surface area contributed by atoms with Gasteiger partial charge in [0.05, 0.1) is 5.69 Å². The fourth-order valence-corrected chi connectivity index (χ4v) is 2.07. The highest BCUT2D eigenvalue weighted by molar-refractivity contribution is 5.67. The van der Waals surface area contributed by atoms with Gasteiger partial charge >= 0.3 is 5.69 Å². The summed E-state index contributed by atoms with van der Waals surface area (Å²) in [5.74, 6) is 0. The van der Waals surface area contributed by atoms with Crippen LogP contribution in [0.3, 0.4) is 0 Å². The van der Waals surface area contributed by atoms with Crippen molar-refractivity contribution in [1.29, 1.82) is 0 Å². The second-order valence-corrected chi connectivity index (χ2v) is 4.48. The van der Waals surface area contributed by atoms with E-state index in [0.29, 0.717) is 11.3 Å². The minimum Gasteiger partial charge on any atom is -0.399 e. The third-order valence-electron chi connectivity index (χ3n) is 3.01. The second kappa shape index (κ2) is 3.94. The third kappa shape index (κ3) is 1.77. The van der Waals surface area contributed by atoms with E-state index in [1.807, 2.05) is 37.3 Å². The minimum absolute atomic E-state index is 0.264. The molecule has 3 aromatic rings. The van der Waals surface area contributed by atoms with E-state index in [9.17, 15) is 4.79 Å². The van der Waals surface area contributed by atoms with E-state index in [-0.39, 0.29) is 5.69 Å². The second-order valence-electron chi connectivity index (χ2n) is 4.48. The van der Waals surface area contributed by atoms with Crippen LogP contribution >= 0.6 is 0 Å². The fraction of sp³-hybridized carbons (Fsp3) is 0.154. The van der Waals surface area contributed by atoms with Crippen molar-refractivity contribution in [3.05, 3.63) is 46.4 Å². The highest BCUT2D eigenvalue weighted by atomic mass is 16.2. The Bertz CT molecular complexity index is 831. The lowest BCUT2D eigenvalue weighted by Gasteiger charge is -2.05. The van der Waals surface area contributed by atoms with E-state index in [2.05, 4.69) is 10.2 Å². The quantitative estimate of drug-likeness (QED) is 0.658. The summed E-state index contributed by atoms with van der Waals surface area (Å²) >= 11 is 0. The van der Waals surface area contributed by atoms with Gasteiger partial charge in [0.25, 0.3) is 0 Å². The van der Waals surface area contributed by atoms with Gasteiger partial charge in [0.2, 0.25) is 0 Å². The van der Waals surface area contributed by atoms with E-state index in [1.165, 1.54) is 9.20 Å². The lowest BCUT2D eigenvalue weighted by atomic mass is 10.1. The molecule has 2 aromatic heterocycles. The van der Waals surface area contributed by atoms with Crippen LogP contribution < -0.4 is 11.4 Å². The number of anilines is 1. The first-order valence-electron chi connectivity index (χ1n) is 5.86. The SMILES string of the molecule is Cc1cc2nn(C)c(=O)n2nc1-c1cccc(N)c1. The van der Waals surface area contributed by atoms with Gasteiger partial charge in [-0.3, -0.25) is 0 Å². The maximum atomic E-state index is 11.9. The number of aryl methyl sites for hydroxylation is 2. The number of rotatable bonds is 1. The first-order valence-corrected chi connectivity index (χ1v) is 5.86. The summed E-state index contributed by atoms with van der Waals surface area (Å²) in [4.78, 5) is 11.9. The van der Waals surface area contributed by atoms with Crippen molar-refractivity contribution in [2.45, 2.75) is 6.92 Å². The van der Waals surface area contributed by atoms with Crippen LogP contribution in [0, 0.1) is 6.92 Å². The van der Waals surface area contributed by atoms with Gasteiger partial charge in [-0.2, -0.15) is 9.61 Å². The van der Waals surface area contributed by atoms with Crippen molar-refractivity contribution >= 4 is 11.3 Å². The van der Waals surface area contributed by atoms with Gasteiger partial charge in [-0.15, -0.1) is 5.10 Å². The lowest BCUT2D eigenvalue weighted by molar-refractivity contribution is 0.718. The van der Waals surface area contributed by atoms with Crippen LogP contribution in [0.4, 0.5) is 5.69 Å². The Labute approximate surface area is 109 Å². The highest BCUT2D eigenvalue weighted by Gasteiger charge is 2.10. The predicted molar refractivity (Wildman–Crippen MR) is 72.8 cm³/mol. The molecule has 2 N–H and O–H groups in total. The van der Waals surface area contributed by atoms with Crippen molar-refractivity contribution in [2.24, 2.45) is 7.05 Å². The monoisotopic (exact) mass is 255 g/mol. The Balaban J connectivity index is 2.32. The molecule has 0 unspecified atom stereocenters. The number of hydrogen-bond acceptors (Lipinski definition) is 4. The molecule has 96 valence electrons. The maximum absolute atomic E-state index is 11.9. The van der Waals surface area contributed by atoms with Gasteiger partial charge in [0, 0.05) is 18.3 Å². The molecule has 0 bridgehead atoms. The van der Waals surface area contributed by atoms with Crippen molar-refractivity contribution in [1.82, 2.24) is 19.4 Å². The molecular formula is C13H13N5O. The molecule has 1 aromatic carbocycles. The molecular weight excluding hydrogens is 242 g/mol. The van der Waals surface area contributed by atoms with Crippen LogP contribution in [-0.4, -0.2) is 19.4 Å². The number of nitrogen functional groups attached to an aromatic ring is 1. The standard InChI is InChI=1S/C13H13N5O/c1-8-6-11-15-17(2)13(19)18(11)16-12(8)9-4-3-5-10(14)7-9/h3-7H,14H2,1-2H3. The van der Waals surface area contributed by atoms with Crippen LogP contribution in [0.2, 0.25) is 0 Å². The van der Waals surface area contributed by atoms with Gasteiger partial charge in [0.15, 0.2) is 5.65 Å². The molecule has 3 rings (SSSR count). The Morgan fingerprint density at radius 2 is 2.00 bits per heavy atom. The van der Waals surface area contributed by atoms with Crippen molar-refractivity contribution < 1.29 is 0 Å². The van der Waals surface area contributed by atoms with Crippen molar-refractivity contribution in [3.63, 3.8) is 0 Å². The summed E-state index contributed by atoms with van der Waals surface area (Å²) < 4.78 is 2.57. The van der Waals surface area contributed by atoms with Crippen molar-refractivity contribution in [3.8, 4) is 11.3 Å². The smallest absolute Gasteiger partial charge is 0.366 e. The summed E-state index contributed by atoms with van der Waals surface area (Å²) in [5, 5.41) is 8.48. The topological polar surface area (TPSA) is 78.2 Å². The van der Waals surface area contributed by atoms with Gasteiger partial charge < -0.3 is 5.73 Å². The fourth-order valence-electron chi connectivity index (χ4n) is 2.07. The van der Waals surface area contributed by atoms with Gasteiger partial charge in [0.1, 0.15) is 0 Å². The summed E-state index contributed by atoms with van der Waals surface area (Å²) in [5.41, 5.74) is 9.28. The lowest BCUT2D eigenvalue weighted by Crippen LogP contribution is -2.19. The van der Waals surface area contributed by atoms with Gasteiger partial charge in [-0.05, 0) is 30.7 Å². The third-order valence-corrected chi connectivity index (χ3v) is 3.01. The molecule has 6 heteroatoms. The molecule has 19 heavy (non-hydrogen) atoms. The molecule has 6 nitrogen and oxygen atoms in total. The number of hydrogen-bond donors (Lipinski definition) is 1. The zero-order chi connectivity index (χ0) is 13.6. The predicted octanol–water partition coefficient (Wildman–Crippen LogP) is 0.986. The number of benzene rings is 1. The first kappa shape index (κ1) is 11.5. The Morgan fingerprint density at radius 3 is 2.74 bits per heavy atom. The largest absolute Gasteiger partial charge is 0.399 e. The Morgan fingerprint density at radius 1 is 1.21 bits per heavy atom. The average Bonchev–Trinajstić information content (AvgIpc) is 2.63. The van der Waals surface area contributed by atoms with E-state index in [4.69, 9.17) is 5.73 Å². The zero-order valence-corrected chi connectivity index (χ0v) is 10.7. The number of aromatic nitrogens is 4. The summed E-state index contributed by atoms with van der Waals surface area (Å²) in [6, 6.07) is 9.27. The van der Waals surface area contributed by atoms with E-state index in [0.717, 1.165) is 16.8 Å². The van der Waals surface area contributed by atoms with Gasteiger partial charge in [-0.25, -0.2) is 9.48 Å². The van der Waals surface area contributed by atoms with Crippen molar-refractivity contribution in [2.75, 3.05) is 5.73 Å². The molecule has 0 fully saturated rings. The normalized spacial score (nSPS) is 11.1. The van der Waals surface area contributed by atoms with Gasteiger partial charge in [-0.1, -0.05) is 12.1 Å². The van der Waals surface area contributed by atoms with Crippen LogP contribution in [0.15, 0.2) is 35.1 Å². The molecule has 0 aliphatic rings. The molecule has 0 aliphatic carbocycles. The zero-order valence-electron chi connectivity index (χ0n) is 10.7. The van der Waals surface area contributed by atoms with E-state index in [1.54, 1.807) is 7.05 Å². The Kier molecular flexibility index (Phi) is 2.38. The molecule has 2 heterocycles. The molecule has 0 radical (unpaired) electrons. The molecule has 0 saturated heterocycles. The van der Waals surface area contributed by atoms with Crippen LogP contribution in [-0.2, 0) is 7.05 Å². The maximum Gasteiger partial charge on any atom is 0.366 e. The molecule has 0 saturated carbocycles. The number of nitrogens with zero attached hydrogens (tertiary/aromatic N) is 4. The molecule has 0 amide bonds. The average molecular weight is 255 g/mol. The molecule has 0 aliphatic heterocycles. The van der Waals surface area contributed by atoms with Crippen LogP contribution in [0.1, 0.15) is 5.56 Å². The van der Waals surface area contributed by atoms with Crippen LogP contribution in [0.5, 0.6) is 0 Å². The van der Waals surface area contributed by atoms with E-state index >= 15 is 0 Å². The highest BCUT2D eigenvalue weighted by Crippen LogP contribution is 2.22. The number of fused-ring (bicyclic) bond motifs is 1. The number of nitrogens with two attached hydrogens (primary N) is 1. The van der Waals surface area contributed by atoms with Crippen LogP contribution in [0.25, 0.3) is 16.9 Å². The Hall–Kier alpha value is -2.63. The summed E-state index contributed by atoms with van der Waals surface area (Å²) in [6.45, 7) is 1.94. The minimum atomic E-state index is -0.264. The van der Waals surface area contributed by atoms with E-state index < -0.39 is 0 Å². The first-order chi connectivity index (χ1) is 9.06. The summed E-state index contributed by atoms with van der Waals surface area (Å²) in [7, 11) is 1.60.